The average Bonchev–Trinajstić information content (AvgIpc) is 2.81. The second-order valence-electron chi connectivity index (χ2n) is 9.19. The first-order valence-electron chi connectivity index (χ1n) is 12.2. The quantitative estimate of drug-likeness (QED) is 0.368. The van der Waals surface area contributed by atoms with Crippen LogP contribution < -0.4 is 10.6 Å². The van der Waals surface area contributed by atoms with E-state index in [-0.39, 0.29) is 47.7 Å². The van der Waals surface area contributed by atoms with Crippen molar-refractivity contribution in [3.05, 3.63) is 0 Å². The van der Waals surface area contributed by atoms with E-state index in [9.17, 15) is 19.2 Å². The largest absolute Gasteiger partial charge is 0.469 e. The van der Waals surface area contributed by atoms with Gasteiger partial charge in [-0.25, -0.2) is 0 Å². The van der Waals surface area contributed by atoms with Gasteiger partial charge in [-0.05, 0) is 64.2 Å². The van der Waals surface area contributed by atoms with Gasteiger partial charge in [0, 0.05) is 24.9 Å². The number of hydrogen-bond donors (Lipinski definition) is 2. The zero-order valence-electron chi connectivity index (χ0n) is 19.7. The summed E-state index contributed by atoms with van der Waals surface area (Å²) < 4.78 is 9.59. The van der Waals surface area contributed by atoms with E-state index in [1.165, 1.54) is 14.2 Å². The van der Waals surface area contributed by atoms with E-state index in [4.69, 9.17) is 9.47 Å². The highest BCUT2D eigenvalue weighted by atomic mass is 16.5. The van der Waals surface area contributed by atoms with Crippen molar-refractivity contribution < 1.29 is 28.7 Å². The number of ether oxygens (including phenoxy) is 2. The summed E-state index contributed by atoms with van der Waals surface area (Å²) >= 11 is 0. The minimum absolute atomic E-state index is 0.0276. The summed E-state index contributed by atoms with van der Waals surface area (Å²) in [5, 5.41) is 6.16. The van der Waals surface area contributed by atoms with Gasteiger partial charge >= 0.3 is 11.9 Å². The van der Waals surface area contributed by atoms with Crippen LogP contribution in [0.2, 0.25) is 0 Å². The third-order valence-electron chi connectivity index (χ3n) is 6.81. The topological polar surface area (TPSA) is 111 Å². The van der Waals surface area contributed by atoms with Crippen molar-refractivity contribution in [1.82, 2.24) is 10.6 Å². The Kier molecular flexibility index (Phi) is 11.5. The highest BCUT2D eigenvalue weighted by molar-refractivity contribution is 5.77. The molecule has 2 fully saturated rings. The van der Waals surface area contributed by atoms with Crippen molar-refractivity contribution in [1.29, 1.82) is 0 Å². The zero-order chi connectivity index (χ0) is 23.3. The molecule has 0 unspecified atom stereocenters. The highest BCUT2D eigenvalue weighted by Crippen LogP contribution is 2.26. The molecule has 0 saturated heterocycles. The first-order chi connectivity index (χ1) is 15.4. The van der Waals surface area contributed by atoms with Gasteiger partial charge in [0.25, 0.3) is 0 Å². The molecule has 2 rings (SSSR count). The minimum atomic E-state index is -0.144. The molecule has 2 aliphatic carbocycles. The molecule has 0 aromatic carbocycles. The molecule has 2 saturated carbocycles. The van der Waals surface area contributed by atoms with E-state index in [0.717, 1.165) is 77.0 Å². The van der Waals surface area contributed by atoms with E-state index in [2.05, 4.69) is 10.6 Å². The lowest BCUT2D eigenvalue weighted by atomic mass is 9.86. The molecule has 8 nitrogen and oxygen atoms in total. The van der Waals surface area contributed by atoms with Crippen LogP contribution in [0.15, 0.2) is 0 Å². The Labute approximate surface area is 191 Å². The zero-order valence-corrected chi connectivity index (χ0v) is 19.7. The predicted molar refractivity (Wildman–Crippen MR) is 120 cm³/mol. The number of methoxy groups -OCH3 is 2. The Bertz CT molecular complexity index is 568. The van der Waals surface area contributed by atoms with Gasteiger partial charge in [0.15, 0.2) is 0 Å². The molecule has 0 heterocycles. The summed E-state index contributed by atoms with van der Waals surface area (Å²) in [6.45, 7) is 0. The van der Waals surface area contributed by atoms with Crippen molar-refractivity contribution in [2.24, 2.45) is 11.8 Å². The van der Waals surface area contributed by atoms with Gasteiger partial charge in [-0.3, -0.25) is 19.2 Å². The van der Waals surface area contributed by atoms with E-state index < -0.39 is 0 Å². The molecule has 2 N–H and O–H groups in total. The third-order valence-corrected chi connectivity index (χ3v) is 6.81. The molecule has 0 spiro atoms. The van der Waals surface area contributed by atoms with Crippen molar-refractivity contribution in [2.45, 2.75) is 102 Å². The third kappa shape index (κ3) is 9.17. The van der Waals surface area contributed by atoms with Crippen LogP contribution in [0.25, 0.3) is 0 Å². The van der Waals surface area contributed by atoms with Gasteiger partial charge in [-0.15, -0.1) is 0 Å². The van der Waals surface area contributed by atoms with Crippen LogP contribution in [0.4, 0.5) is 0 Å². The number of hydrogen-bond acceptors (Lipinski definition) is 6. The van der Waals surface area contributed by atoms with Crippen LogP contribution in [-0.2, 0) is 28.7 Å². The van der Waals surface area contributed by atoms with Crippen molar-refractivity contribution in [3.63, 3.8) is 0 Å². The number of esters is 2. The first-order valence-corrected chi connectivity index (χ1v) is 12.2. The summed E-state index contributed by atoms with van der Waals surface area (Å²) in [7, 11) is 2.84. The Hall–Kier alpha value is -2.12. The van der Waals surface area contributed by atoms with E-state index in [1.807, 2.05) is 0 Å². The van der Waals surface area contributed by atoms with E-state index in [1.54, 1.807) is 0 Å². The normalized spacial score (nSPS) is 25.4. The summed E-state index contributed by atoms with van der Waals surface area (Å²) in [6.07, 6.45) is 10.9. The van der Waals surface area contributed by atoms with Gasteiger partial charge in [0.05, 0.1) is 26.1 Å². The highest BCUT2D eigenvalue weighted by Gasteiger charge is 2.28. The fourth-order valence-electron chi connectivity index (χ4n) is 4.80. The maximum absolute atomic E-state index is 12.1. The number of nitrogens with one attached hydrogen (secondary N) is 2. The summed E-state index contributed by atoms with van der Waals surface area (Å²) in [5.41, 5.74) is 0. The minimum Gasteiger partial charge on any atom is -0.469 e. The molecule has 2 aliphatic rings. The Morgan fingerprint density at radius 3 is 1.25 bits per heavy atom. The lowest BCUT2D eigenvalue weighted by Gasteiger charge is -2.27. The van der Waals surface area contributed by atoms with Gasteiger partial charge in [-0.2, -0.15) is 0 Å². The van der Waals surface area contributed by atoms with Crippen LogP contribution in [-0.4, -0.2) is 50.1 Å². The standard InChI is InChI=1S/C24H40N2O6/c1-31-23(29)17-9-13-19(14-10-17)25-21(27)7-5-3-4-6-8-22(28)26-20-15-11-18(12-16-20)24(30)32-2/h17-20H,3-16H2,1-2H3,(H,25,27)(H,26,28). The molecule has 182 valence electrons. The Morgan fingerprint density at radius 1 is 0.594 bits per heavy atom. The Morgan fingerprint density at radius 2 is 0.938 bits per heavy atom. The van der Waals surface area contributed by atoms with Gasteiger partial charge in [-0.1, -0.05) is 12.8 Å². The number of unbranched alkanes of at least 4 members (excludes halogenated alkanes) is 3. The molecule has 8 heteroatoms. The van der Waals surface area contributed by atoms with E-state index >= 15 is 0 Å². The fourth-order valence-corrected chi connectivity index (χ4v) is 4.80. The molecular formula is C24H40N2O6. The van der Waals surface area contributed by atoms with Crippen LogP contribution in [0.1, 0.15) is 89.9 Å². The van der Waals surface area contributed by atoms with Crippen LogP contribution >= 0.6 is 0 Å². The summed E-state index contributed by atoms with van der Waals surface area (Å²) in [4.78, 5) is 47.4. The number of amides is 2. The molecular weight excluding hydrogens is 412 g/mol. The molecule has 0 aromatic heterocycles. The number of carbonyl (C=O) groups is 4. The van der Waals surface area contributed by atoms with Crippen LogP contribution in [0, 0.1) is 11.8 Å². The molecule has 2 amide bonds. The second kappa shape index (κ2) is 14.1. The second-order valence-corrected chi connectivity index (χ2v) is 9.19. The predicted octanol–water partition coefficient (Wildman–Crippen LogP) is 3.02. The van der Waals surface area contributed by atoms with Crippen molar-refractivity contribution in [2.75, 3.05) is 14.2 Å². The van der Waals surface area contributed by atoms with Crippen LogP contribution in [0.5, 0.6) is 0 Å². The lowest BCUT2D eigenvalue weighted by Crippen LogP contribution is -2.38. The summed E-state index contributed by atoms with van der Waals surface area (Å²) in [6, 6.07) is 0.324. The number of rotatable bonds is 11. The Balaban J connectivity index is 1.46. The fraction of sp³-hybridized carbons (Fsp3) is 0.833. The van der Waals surface area contributed by atoms with Gasteiger partial charge in [0.2, 0.25) is 11.8 Å². The first kappa shape index (κ1) is 26.1. The van der Waals surface area contributed by atoms with E-state index in [0.29, 0.717) is 12.8 Å². The monoisotopic (exact) mass is 452 g/mol. The molecule has 32 heavy (non-hydrogen) atoms. The van der Waals surface area contributed by atoms with Crippen molar-refractivity contribution in [3.8, 4) is 0 Å². The molecule has 0 aromatic rings. The van der Waals surface area contributed by atoms with Gasteiger partial charge in [0.1, 0.15) is 0 Å². The van der Waals surface area contributed by atoms with Crippen molar-refractivity contribution >= 4 is 23.8 Å². The molecule has 0 atom stereocenters. The summed E-state index contributed by atoms with van der Waals surface area (Å²) in [5.74, 6) is -0.192. The molecule has 0 radical (unpaired) electrons. The average molecular weight is 453 g/mol. The van der Waals surface area contributed by atoms with Crippen LogP contribution in [0.3, 0.4) is 0 Å². The molecule has 0 bridgehead atoms. The van der Waals surface area contributed by atoms with Gasteiger partial charge < -0.3 is 20.1 Å². The smallest absolute Gasteiger partial charge is 0.308 e. The SMILES string of the molecule is COC(=O)C1CCC(NC(=O)CCCCCCC(=O)NC2CCC(C(=O)OC)CC2)CC1. The molecule has 0 aliphatic heterocycles. The maximum Gasteiger partial charge on any atom is 0.308 e. The number of carbonyl (C=O) groups excluding carboxylic acids is 4. The lowest BCUT2D eigenvalue weighted by molar-refractivity contribution is -0.147. The maximum atomic E-state index is 12.1.